The van der Waals surface area contributed by atoms with Crippen LogP contribution in [0.2, 0.25) is 0 Å². The molecule has 1 fully saturated rings. The lowest BCUT2D eigenvalue weighted by atomic mass is 9.89. The summed E-state index contributed by atoms with van der Waals surface area (Å²) in [5, 5.41) is 0. The van der Waals surface area contributed by atoms with Gasteiger partial charge in [-0.05, 0) is 90.1 Å². The minimum Gasteiger partial charge on any atom is -0.366 e. The van der Waals surface area contributed by atoms with Gasteiger partial charge in [0.2, 0.25) is 0 Å². The van der Waals surface area contributed by atoms with Crippen LogP contribution in [-0.2, 0) is 4.74 Å². The summed E-state index contributed by atoms with van der Waals surface area (Å²) in [6, 6.07) is 23.9. The van der Waals surface area contributed by atoms with Crippen molar-refractivity contribution in [2.75, 3.05) is 4.90 Å². The van der Waals surface area contributed by atoms with Gasteiger partial charge >= 0.3 is 0 Å². The molecule has 2 bridgehead atoms. The highest BCUT2D eigenvalue weighted by atomic mass is 16.5. The Bertz CT molecular complexity index is 1170. The van der Waals surface area contributed by atoms with Gasteiger partial charge in [0.25, 0.3) is 0 Å². The Morgan fingerprint density at radius 2 is 1.61 bits per heavy atom. The van der Waals surface area contributed by atoms with Crippen LogP contribution in [-0.4, -0.2) is 0 Å². The van der Waals surface area contributed by atoms with Gasteiger partial charge in [0.1, 0.15) is 0 Å². The molecule has 0 spiro atoms. The van der Waals surface area contributed by atoms with Crippen LogP contribution >= 0.6 is 0 Å². The van der Waals surface area contributed by atoms with Gasteiger partial charge in [0.05, 0.1) is 12.2 Å². The van der Waals surface area contributed by atoms with Crippen LogP contribution in [0.15, 0.2) is 104 Å². The average molecular weight is 406 g/mol. The van der Waals surface area contributed by atoms with E-state index in [0.29, 0.717) is 6.10 Å². The molecule has 2 heteroatoms. The molecule has 1 saturated heterocycles. The lowest BCUT2D eigenvalue weighted by molar-refractivity contribution is 0.0717. The minimum absolute atomic E-state index is 0.285. The first-order valence-corrected chi connectivity index (χ1v) is 10.9. The number of hydrogen-bond acceptors (Lipinski definition) is 2. The van der Waals surface area contributed by atoms with Crippen LogP contribution in [0.3, 0.4) is 0 Å². The van der Waals surface area contributed by atoms with Gasteiger partial charge in [0, 0.05) is 17.1 Å². The first-order valence-electron chi connectivity index (χ1n) is 10.9. The number of nitrogens with zero attached hydrogens (tertiary/aromatic N) is 1. The van der Waals surface area contributed by atoms with Crippen LogP contribution < -0.4 is 4.90 Å². The zero-order chi connectivity index (χ0) is 21.4. The van der Waals surface area contributed by atoms with E-state index in [9.17, 15) is 0 Å². The lowest BCUT2D eigenvalue weighted by Crippen LogP contribution is -2.16. The van der Waals surface area contributed by atoms with Gasteiger partial charge in [-0.25, -0.2) is 0 Å². The normalized spacial score (nSPS) is 19.2. The number of para-hydroxylation sites is 1. The predicted octanol–water partition coefficient (Wildman–Crippen LogP) is 7.96. The highest BCUT2D eigenvalue weighted by molar-refractivity contribution is 5.76. The number of anilines is 2. The van der Waals surface area contributed by atoms with Crippen molar-refractivity contribution in [3.8, 4) is 11.1 Å². The zero-order valence-corrected chi connectivity index (χ0v) is 17.9. The van der Waals surface area contributed by atoms with Crippen LogP contribution in [0, 0.1) is 6.92 Å². The van der Waals surface area contributed by atoms with Crippen LogP contribution in [0.5, 0.6) is 0 Å². The van der Waals surface area contributed by atoms with E-state index in [4.69, 9.17) is 4.74 Å². The van der Waals surface area contributed by atoms with E-state index in [2.05, 4.69) is 85.6 Å². The van der Waals surface area contributed by atoms with Crippen LogP contribution in [0.25, 0.3) is 11.1 Å². The number of allylic oxidation sites excluding steroid dienone is 3. The van der Waals surface area contributed by atoms with Gasteiger partial charge in [-0.3, -0.25) is 0 Å². The molecule has 0 aliphatic carbocycles. The third kappa shape index (κ3) is 3.43. The molecule has 2 heterocycles. The van der Waals surface area contributed by atoms with E-state index in [1.165, 1.54) is 27.8 Å². The standard InChI is InChI=1S/C29H27NO/c1-4-9-23(5-2)30(24-10-7-6-8-11-24)27-15-13-21(18-20(27)3)22-12-14-25-26(19-22)29-17-16-28(25)31-29/h4-15,18-19,28-29H,1-2,16-17H2,3H3/b23-9+. The molecule has 3 aromatic rings. The Labute approximate surface area is 184 Å². The van der Waals surface area contributed by atoms with Crippen molar-refractivity contribution in [1.29, 1.82) is 0 Å². The second-order valence-corrected chi connectivity index (χ2v) is 8.24. The van der Waals surface area contributed by atoms with Crippen molar-refractivity contribution in [3.05, 3.63) is 121 Å². The lowest BCUT2D eigenvalue weighted by Gasteiger charge is -2.28. The van der Waals surface area contributed by atoms with E-state index in [0.717, 1.165) is 29.9 Å². The van der Waals surface area contributed by atoms with Gasteiger partial charge < -0.3 is 9.64 Å². The largest absolute Gasteiger partial charge is 0.366 e. The van der Waals surface area contributed by atoms with Crippen molar-refractivity contribution in [3.63, 3.8) is 0 Å². The van der Waals surface area contributed by atoms with E-state index < -0.39 is 0 Å². The second-order valence-electron chi connectivity index (χ2n) is 8.24. The molecule has 2 unspecified atom stereocenters. The topological polar surface area (TPSA) is 12.5 Å². The maximum absolute atomic E-state index is 6.09. The molecule has 0 N–H and O–H groups in total. The summed E-state index contributed by atoms with van der Waals surface area (Å²) in [5.74, 6) is 0. The molecule has 2 aliphatic rings. The molecule has 0 amide bonds. The quantitative estimate of drug-likeness (QED) is 0.386. The summed E-state index contributed by atoms with van der Waals surface area (Å²) in [7, 11) is 0. The molecule has 0 saturated carbocycles. The fraction of sp³-hybridized carbons (Fsp3) is 0.172. The fourth-order valence-corrected chi connectivity index (χ4v) is 4.87. The number of fused-ring (bicyclic) bond motifs is 5. The highest BCUT2D eigenvalue weighted by Gasteiger charge is 2.37. The third-order valence-electron chi connectivity index (χ3n) is 6.34. The molecule has 0 radical (unpaired) electrons. The van der Waals surface area contributed by atoms with Gasteiger partial charge in [-0.2, -0.15) is 0 Å². The summed E-state index contributed by atoms with van der Waals surface area (Å²) in [6.45, 7) is 10.1. The molecule has 2 atom stereocenters. The van der Waals surface area contributed by atoms with Gasteiger partial charge in [-0.1, -0.05) is 55.6 Å². The number of ether oxygens (including phenoxy) is 1. The molecule has 0 aromatic heterocycles. The molecule has 31 heavy (non-hydrogen) atoms. The average Bonchev–Trinajstić information content (AvgIpc) is 3.43. The maximum atomic E-state index is 6.09. The van der Waals surface area contributed by atoms with Crippen LogP contribution in [0.1, 0.15) is 41.7 Å². The maximum Gasteiger partial charge on any atom is 0.0838 e. The monoisotopic (exact) mass is 405 g/mol. The summed E-state index contributed by atoms with van der Waals surface area (Å²) < 4.78 is 6.09. The van der Waals surface area contributed by atoms with Crippen molar-refractivity contribution in [1.82, 2.24) is 0 Å². The molecular formula is C29H27NO. The molecule has 154 valence electrons. The van der Waals surface area contributed by atoms with Crippen LogP contribution in [0.4, 0.5) is 11.4 Å². The molecule has 3 aromatic carbocycles. The Balaban J connectivity index is 1.55. The van der Waals surface area contributed by atoms with Crippen molar-refractivity contribution in [2.45, 2.75) is 32.0 Å². The van der Waals surface area contributed by atoms with Crippen molar-refractivity contribution in [2.24, 2.45) is 0 Å². The van der Waals surface area contributed by atoms with E-state index in [-0.39, 0.29) is 6.10 Å². The number of aryl methyl sites for hydroxylation is 1. The molecule has 2 nitrogen and oxygen atoms in total. The van der Waals surface area contributed by atoms with Crippen molar-refractivity contribution < 1.29 is 4.74 Å². The highest BCUT2D eigenvalue weighted by Crippen LogP contribution is 2.51. The first kappa shape index (κ1) is 19.6. The number of hydrogen-bond donors (Lipinski definition) is 0. The van der Waals surface area contributed by atoms with E-state index in [1.54, 1.807) is 6.08 Å². The minimum atomic E-state index is 0.285. The van der Waals surface area contributed by atoms with Crippen molar-refractivity contribution >= 4 is 11.4 Å². The summed E-state index contributed by atoms with van der Waals surface area (Å²) in [5.41, 5.74) is 9.66. The summed E-state index contributed by atoms with van der Waals surface area (Å²) in [6.07, 6.45) is 8.56. The van der Waals surface area contributed by atoms with E-state index >= 15 is 0 Å². The smallest absolute Gasteiger partial charge is 0.0838 e. The zero-order valence-electron chi connectivity index (χ0n) is 17.9. The Kier molecular flexibility index (Phi) is 5.09. The first-order chi connectivity index (χ1) is 15.2. The molecule has 5 rings (SSSR count). The molecular weight excluding hydrogens is 378 g/mol. The summed E-state index contributed by atoms with van der Waals surface area (Å²) in [4.78, 5) is 2.23. The predicted molar refractivity (Wildman–Crippen MR) is 129 cm³/mol. The van der Waals surface area contributed by atoms with Gasteiger partial charge in [-0.15, -0.1) is 0 Å². The van der Waals surface area contributed by atoms with Gasteiger partial charge in [0.15, 0.2) is 0 Å². The Hall–Kier alpha value is -3.36. The number of rotatable bonds is 6. The Morgan fingerprint density at radius 1 is 0.903 bits per heavy atom. The number of benzene rings is 3. The Morgan fingerprint density at radius 3 is 2.32 bits per heavy atom. The van der Waals surface area contributed by atoms with E-state index in [1.807, 2.05) is 18.2 Å². The summed E-state index contributed by atoms with van der Waals surface area (Å²) >= 11 is 0. The molecule has 2 aliphatic heterocycles. The third-order valence-corrected chi connectivity index (χ3v) is 6.34. The fourth-order valence-electron chi connectivity index (χ4n) is 4.87. The second kappa shape index (κ2) is 8.05. The SMILES string of the molecule is C=C/C=C(\C=C)N(c1ccccc1)c1ccc(-c2ccc3c(c2)C2CCC3O2)cc1C.